The Morgan fingerprint density at radius 2 is 2.15 bits per heavy atom. The second-order valence-electron chi connectivity index (χ2n) is 2.18. The van der Waals surface area contributed by atoms with Crippen molar-refractivity contribution in [2.75, 3.05) is 5.75 Å². The molecule has 0 unspecified atom stereocenters. The van der Waals surface area contributed by atoms with Crippen LogP contribution < -0.4 is 0 Å². The summed E-state index contributed by atoms with van der Waals surface area (Å²) in [5, 5.41) is 8.98. The second kappa shape index (κ2) is 5.18. The summed E-state index contributed by atoms with van der Waals surface area (Å²) in [6.45, 7) is 0. The molecule has 70 valence electrons. The molecule has 1 heterocycles. The molecule has 0 spiro atoms. The largest absolute Gasteiger partial charge is 0.481 e. The van der Waals surface area contributed by atoms with E-state index in [1.165, 1.54) is 11.8 Å². The molecule has 1 rings (SSSR count). The van der Waals surface area contributed by atoms with Gasteiger partial charge < -0.3 is 5.11 Å². The molecule has 0 radical (unpaired) electrons. The van der Waals surface area contributed by atoms with E-state index < -0.39 is 5.97 Å². The van der Waals surface area contributed by atoms with Crippen LogP contribution in [0, 0.1) is 0 Å². The predicted molar refractivity (Wildman–Crippen MR) is 52.7 cm³/mol. The molecule has 0 amide bonds. The normalized spacial score (nSPS) is 9.92. The van der Waals surface area contributed by atoms with Crippen LogP contribution in [0.3, 0.4) is 0 Å². The van der Waals surface area contributed by atoms with Crippen LogP contribution in [0.1, 0.15) is 6.42 Å². The number of aromatic nitrogens is 2. The summed E-state index contributed by atoms with van der Waals surface area (Å²) in [6, 6.07) is 0. The van der Waals surface area contributed by atoms with Crippen LogP contribution in [0.5, 0.6) is 0 Å². The van der Waals surface area contributed by atoms with E-state index in [0.717, 1.165) is 4.47 Å². The van der Waals surface area contributed by atoms with Gasteiger partial charge in [-0.2, -0.15) is 0 Å². The molecule has 0 aliphatic rings. The molecule has 4 nitrogen and oxygen atoms in total. The molecule has 0 atom stereocenters. The van der Waals surface area contributed by atoms with Crippen molar-refractivity contribution in [1.29, 1.82) is 0 Å². The lowest BCUT2D eigenvalue weighted by Gasteiger charge is -1.96. The number of rotatable bonds is 4. The van der Waals surface area contributed by atoms with Gasteiger partial charge in [0.05, 0.1) is 10.9 Å². The van der Waals surface area contributed by atoms with Crippen molar-refractivity contribution in [2.24, 2.45) is 0 Å². The predicted octanol–water partition coefficient (Wildman–Crippen LogP) is 1.81. The number of aliphatic carboxylic acids is 1. The van der Waals surface area contributed by atoms with Crippen molar-refractivity contribution in [3.05, 3.63) is 16.9 Å². The van der Waals surface area contributed by atoms with Crippen LogP contribution in [0.2, 0.25) is 0 Å². The van der Waals surface area contributed by atoms with E-state index in [1.54, 1.807) is 12.4 Å². The van der Waals surface area contributed by atoms with Crippen LogP contribution in [-0.2, 0) is 4.79 Å². The SMILES string of the molecule is O=C(O)CCSc1ncc(Br)cn1. The third-order valence-electron chi connectivity index (χ3n) is 1.14. The number of carboxylic acid groups (broad SMARTS) is 1. The molecule has 1 aromatic rings. The molecule has 0 bridgehead atoms. The first-order valence-electron chi connectivity index (χ1n) is 3.50. The molecule has 0 aliphatic heterocycles. The van der Waals surface area contributed by atoms with Crippen molar-refractivity contribution in [3.8, 4) is 0 Å². The highest BCUT2D eigenvalue weighted by Crippen LogP contribution is 2.14. The monoisotopic (exact) mass is 262 g/mol. The van der Waals surface area contributed by atoms with Crippen molar-refractivity contribution in [1.82, 2.24) is 9.97 Å². The van der Waals surface area contributed by atoms with Gasteiger partial charge in [-0.1, -0.05) is 11.8 Å². The number of carboxylic acids is 1. The van der Waals surface area contributed by atoms with E-state index in [0.29, 0.717) is 10.9 Å². The number of hydrogen-bond acceptors (Lipinski definition) is 4. The first-order valence-corrected chi connectivity index (χ1v) is 5.28. The number of halogens is 1. The lowest BCUT2D eigenvalue weighted by molar-refractivity contribution is -0.136. The van der Waals surface area contributed by atoms with Gasteiger partial charge in [-0.05, 0) is 15.9 Å². The zero-order chi connectivity index (χ0) is 9.68. The number of hydrogen-bond donors (Lipinski definition) is 1. The molecule has 0 aliphatic carbocycles. The highest BCUT2D eigenvalue weighted by molar-refractivity contribution is 9.10. The minimum Gasteiger partial charge on any atom is -0.481 e. The van der Waals surface area contributed by atoms with Crippen LogP contribution in [0.25, 0.3) is 0 Å². The maximum atomic E-state index is 10.2. The molecule has 0 saturated carbocycles. The Balaban J connectivity index is 2.37. The van der Waals surface area contributed by atoms with Gasteiger partial charge in [-0.3, -0.25) is 4.79 Å². The minimum atomic E-state index is -0.801. The summed E-state index contributed by atoms with van der Waals surface area (Å²) < 4.78 is 0.815. The van der Waals surface area contributed by atoms with Gasteiger partial charge in [0.15, 0.2) is 5.16 Å². The first-order chi connectivity index (χ1) is 6.18. The third-order valence-corrected chi connectivity index (χ3v) is 2.43. The van der Waals surface area contributed by atoms with Gasteiger partial charge in [0, 0.05) is 18.1 Å². The molecule has 0 aromatic carbocycles. The average molecular weight is 263 g/mol. The van der Waals surface area contributed by atoms with Gasteiger partial charge in [-0.25, -0.2) is 9.97 Å². The van der Waals surface area contributed by atoms with Gasteiger partial charge >= 0.3 is 5.97 Å². The van der Waals surface area contributed by atoms with Crippen molar-refractivity contribution in [2.45, 2.75) is 11.6 Å². The fraction of sp³-hybridized carbons (Fsp3) is 0.286. The van der Waals surface area contributed by atoms with E-state index in [1.807, 2.05) is 0 Å². The van der Waals surface area contributed by atoms with E-state index >= 15 is 0 Å². The smallest absolute Gasteiger partial charge is 0.304 e. The Kier molecular flexibility index (Phi) is 4.17. The van der Waals surface area contributed by atoms with E-state index in [2.05, 4.69) is 25.9 Å². The average Bonchev–Trinajstić information content (AvgIpc) is 2.08. The Morgan fingerprint density at radius 1 is 1.54 bits per heavy atom. The topological polar surface area (TPSA) is 63.1 Å². The van der Waals surface area contributed by atoms with Crippen molar-refractivity contribution < 1.29 is 9.90 Å². The molecule has 13 heavy (non-hydrogen) atoms. The Bertz CT molecular complexity index is 291. The first kappa shape index (κ1) is 10.5. The zero-order valence-electron chi connectivity index (χ0n) is 6.61. The summed E-state index contributed by atoms with van der Waals surface area (Å²) in [5.41, 5.74) is 0. The lowest BCUT2D eigenvalue weighted by Crippen LogP contribution is -1.96. The summed E-state index contributed by atoms with van der Waals surface area (Å²) in [6.07, 6.45) is 3.40. The fourth-order valence-electron chi connectivity index (χ4n) is 0.605. The second-order valence-corrected chi connectivity index (χ2v) is 4.15. The fourth-order valence-corrected chi connectivity index (χ4v) is 1.52. The van der Waals surface area contributed by atoms with Crippen molar-refractivity contribution in [3.63, 3.8) is 0 Å². The molecule has 1 aromatic heterocycles. The van der Waals surface area contributed by atoms with Crippen LogP contribution in [0.15, 0.2) is 22.0 Å². The zero-order valence-corrected chi connectivity index (χ0v) is 9.01. The molecule has 6 heteroatoms. The van der Waals surface area contributed by atoms with Gasteiger partial charge in [-0.15, -0.1) is 0 Å². The van der Waals surface area contributed by atoms with Gasteiger partial charge in [0.1, 0.15) is 0 Å². The summed E-state index contributed by atoms with van der Waals surface area (Å²) in [5.74, 6) is -0.304. The Labute approximate surface area is 87.9 Å². The number of nitrogens with zero attached hydrogens (tertiary/aromatic N) is 2. The lowest BCUT2D eigenvalue weighted by atomic mass is 10.5. The highest BCUT2D eigenvalue weighted by Gasteiger charge is 2.00. The summed E-state index contributed by atoms with van der Waals surface area (Å²) in [7, 11) is 0. The maximum Gasteiger partial charge on any atom is 0.304 e. The molecule has 0 saturated heterocycles. The molecule has 1 N–H and O–H groups in total. The molecular formula is C7H7BrN2O2S. The summed E-state index contributed by atoms with van der Waals surface area (Å²) >= 11 is 4.54. The van der Waals surface area contributed by atoms with E-state index in [9.17, 15) is 4.79 Å². The van der Waals surface area contributed by atoms with Crippen LogP contribution in [0.4, 0.5) is 0 Å². The van der Waals surface area contributed by atoms with E-state index in [4.69, 9.17) is 5.11 Å². The summed E-state index contributed by atoms with van der Waals surface area (Å²) in [4.78, 5) is 18.2. The maximum absolute atomic E-state index is 10.2. The van der Waals surface area contributed by atoms with Crippen molar-refractivity contribution >= 4 is 33.7 Å². The van der Waals surface area contributed by atoms with Gasteiger partial charge in [0.25, 0.3) is 0 Å². The Hall–Kier alpha value is -0.620. The molecule has 0 fully saturated rings. The highest BCUT2D eigenvalue weighted by atomic mass is 79.9. The Morgan fingerprint density at radius 3 is 2.69 bits per heavy atom. The minimum absolute atomic E-state index is 0.129. The van der Waals surface area contributed by atoms with Crippen LogP contribution >= 0.6 is 27.7 Å². The van der Waals surface area contributed by atoms with Crippen LogP contribution in [-0.4, -0.2) is 26.8 Å². The van der Waals surface area contributed by atoms with Gasteiger partial charge in [0.2, 0.25) is 0 Å². The number of carbonyl (C=O) groups is 1. The number of thioether (sulfide) groups is 1. The van der Waals surface area contributed by atoms with E-state index in [-0.39, 0.29) is 6.42 Å². The standard InChI is InChI=1S/C7H7BrN2O2S/c8-5-3-9-7(10-4-5)13-2-1-6(11)12/h3-4H,1-2H2,(H,11,12). The quantitative estimate of drug-likeness (QED) is 0.663. The third kappa shape index (κ3) is 4.23. The molecular weight excluding hydrogens is 256 g/mol.